The monoisotopic (exact) mass is 398 g/mol. The molecule has 27 heavy (non-hydrogen) atoms. The van der Waals surface area contributed by atoms with Gasteiger partial charge in [-0.3, -0.25) is 9.59 Å². The molecule has 0 aliphatic carbocycles. The van der Waals surface area contributed by atoms with Crippen LogP contribution in [0.5, 0.6) is 0 Å². The largest absolute Gasteiger partial charge is 0.481 e. The van der Waals surface area contributed by atoms with E-state index in [2.05, 4.69) is 19.1 Å². The number of nitrogens with zero attached hydrogens (tertiary/aromatic N) is 2. The lowest BCUT2D eigenvalue weighted by atomic mass is 10.1. The highest BCUT2D eigenvalue weighted by atomic mass is 32.2. The highest BCUT2D eigenvalue weighted by Crippen LogP contribution is 2.41. The Kier molecular flexibility index (Phi) is 4.65. The Labute approximate surface area is 165 Å². The minimum absolute atomic E-state index is 0.173. The molecule has 1 amide bonds. The van der Waals surface area contributed by atoms with Crippen LogP contribution in [0.2, 0.25) is 0 Å². The third-order valence-electron chi connectivity index (χ3n) is 4.48. The number of thioether (sulfide) groups is 1. The van der Waals surface area contributed by atoms with Crippen LogP contribution in [0.3, 0.4) is 0 Å². The Morgan fingerprint density at radius 2 is 2.04 bits per heavy atom. The van der Waals surface area contributed by atoms with Crippen LogP contribution < -0.4 is 4.90 Å². The van der Waals surface area contributed by atoms with Crippen molar-refractivity contribution in [3.05, 3.63) is 52.5 Å². The number of carbonyl (C=O) groups is 2. The zero-order chi connectivity index (χ0) is 19.1. The first-order valence-electron chi connectivity index (χ1n) is 8.58. The van der Waals surface area contributed by atoms with Gasteiger partial charge in [-0.05, 0) is 43.2 Å². The molecule has 0 radical (unpaired) electrons. The summed E-state index contributed by atoms with van der Waals surface area (Å²) in [6.07, 6.45) is -0.188. The number of thiazole rings is 1. The number of aliphatic carboxylic acids is 1. The Bertz CT molecular complexity index is 1060. The highest BCUT2D eigenvalue weighted by molar-refractivity contribution is 8.01. The summed E-state index contributed by atoms with van der Waals surface area (Å²) in [5.41, 5.74) is 4.11. The smallest absolute Gasteiger partial charge is 0.305 e. The summed E-state index contributed by atoms with van der Waals surface area (Å²) >= 11 is 2.92. The number of carboxylic acids is 1. The summed E-state index contributed by atoms with van der Waals surface area (Å²) < 4.78 is 1.13. The molecule has 1 aliphatic rings. The SMILES string of the molecule is Cc1cc(C)c2sc(CN3C(=O)C(CC(=O)O)Sc4ccccc43)nc2c1. The van der Waals surface area contributed by atoms with Gasteiger partial charge in [0.05, 0.1) is 34.1 Å². The van der Waals surface area contributed by atoms with Crippen molar-refractivity contribution in [2.45, 2.75) is 37.0 Å². The third kappa shape index (κ3) is 3.44. The highest BCUT2D eigenvalue weighted by Gasteiger charge is 2.35. The summed E-state index contributed by atoms with van der Waals surface area (Å²) in [4.78, 5) is 31.5. The second-order valence-electron chi connectivity index (χ2n) is 6.63. The number of hydrogen-bond donors (Lipinski definition) is 1. The van der Waals surface area contributed by atoms with E-state index in [4.69, 9.17) is 10.1 Å². The van der Waals surface area contributed by atoms with Crippen molar-refractivity contribution in [1.29, 1.82) is 0 Å². The number of aromatic nitrogens is 1. The molecule has 1 unspecified atom stereocenters. The van der Waals surface area contributed by atoms with E-state index >= 15 is 0 Å². The van der Waals surface area contributed by atoms with E-state index in [1.165, 1.54) is 17.3 Å². The first-order valence-corrected chi connectivity index (χ1v) is 10.3. The molecular weight excluding hydrogens is 380 g/mol. The summed E-state index contributed by atoms with van der Waals surface area (Å²) in [5, 5.41) is 9.40. The molecule has 3 aromatic rings. The number of carbonyl (C=O) groups excluding carboxylic acids is 1. The zero-order valence-corrected chi connectivity index (χ0v) is 16.6. The molecule has 2 heterocycles. The Morgan fingerprint density at radius 3 is 2.81 bits per heavy atom. The summed E-state index contributed by atoms with van der Waals surface area (Å²) in [6.45, 7) is 4.46. The van der Waals surface area contributed by atoms with Crippen LogP contribution in [0.1, 0.15) is 22.6 Å². The van der Waals surface area contributed by atoms with Crippen molar-refractivity contribution in [1.82, 2.24) is 4.98 Å². The maximum absolute atomic E-state index is 13.0. The van der Waals surface area contributed by atoms with Crippen LogP contribution in [0, 0.1) is 13.8 Å². The van der Waals surface area contributed by atoms with Gasteiger partial charge in [-0.1, -0.05) is 18.2 Å². The normalized spacial score (nSPS) is 16.6. The lowest BCUT2D eigenvalue weighted by molar-refractivity contribution is -0.138. The predicted molar refractivity (Wildman–Crippen MR) is 109 cm³/mol. The Hall–Kier alpha value is -2.38. The van der Waals surface area contributed by atoms with E-state index in [-0.39, 0.29) is 12.3 Å². The van der Waals surface area contributed by atoms with Gasteiger partial charge < -0.3 is 10.0 Å². The minimum atomic E-state index is -0.966. The first-order chi connectivity index (χ1) is 12.9. The summed E-state index contributed by atoms with van der Waals surface area (Å²) in [6, 6.07) is 11.8. The lowest BCUT2D eigenvalue weighted by Gasteiger charge is -2.32. The third-order valence-corrected chi connectivity index (χ3v) is 6.93. The van der Waals surface area contributed by atoms with E-state index < -0.39 is 11.2 Å². The molecule has 2 aromatic carbocycles. The van der Waals surface area contributed by atoms with Gasteiger partial charge in [-0.2, -0.15) is 0 Å². The van der Waals surface area contributed by atoms with E-state index in [0.29, 0.717) is 6.54 Å². The van der Waals surface area contributed by atoms with E-state index in [1.807, 2.05) is 31.2 Å². The van der Waals surface area contributed by atoms with Crippen molar-refractivity contribution >= 4 is 50.9 Å². The molecule has 0 spiro atoms. The average Bonchev–Trinajstić information content (AvgIpc) is 3.01. The van der Waals surface area contributed by atoms with Gasteiger partial charge in [0, 0.05) is 4.90 Å². The fourth-order valence-corrected chi connectivity index (χ4v) is 5.57. The number of anilines is 1. The predicted octanol–water partition coefficient (Wildman–Crippen LogP) is 4.40. The molecule has 1 aromatic heterocycles. The topological polar surface area (TPSA) is 70.5 Å². The number of carboxylic acid groups (broad SMARTS) is 1. The number of rotatable bonds is 4. The van der Waals surface area contributed by atoms with E-state index in [0.717, 1.165) is 31.4 Å². The molecule has 4 rings (SSSR count). The van der Waals surface area contributed by atoms with Crippen molar-refractivity contribution in [3.63, 3.8) is 0 Å². The molecule has 1 atom stereocenters. The first kappa shape index (κ1) is 18.0. The second kappa shape index (κ2) is 6.98. The van der Waals surface area contributed by atoms with Crippen molar-refractivity contribution in [2.75, 3.05) is 4.90 Å². The van der Waals surface area contributed by atoms with Crippen LogP contribution >= 0.6 is 23.1 Å². The number of hydrogen-bond acceptors (Lipinski definition) is 5. The maximum atomic E-state index is 13.0. The molecule has 1 aliphatic heterocycles. The van der Waals surface area contributed by atoms with Gasteiger partial charge in [-0.15, -0.1) is 23.1 Å². The second-order valence-corrected chi connectivity index (χ2v) is 8.96. The average molecular weight is 399 g/mol. The van der Waals surface area contributed by atoms with Crippen molar-refractivity contribution in [3.8, 4) is 0 Å². The molecular formula is C20H18N2O3S2. The van der Waals surface area contributed by atoms with Crippen molar-refractivity contribution in [2.24, 2.45) is 0 Å². The number of fused-ring (bicyclic) bond motifs is 2. The molecule has 138 valence electrons. The van der Waals surface area contributed by atoms with Crippen LogP contribution in [-0.2, 0) is 16.1 Å². The lowest BCUT2D eigenvalue weighted by Crippen LogP contribution is -2.41. The van der Waals surface area contributed by atoms with Crippen LogP contribution in [0.15, 0.2) is 41.3 Å². The molecule has 0 fully saturated rings. The maximum Gasteiger partial charge on any atom is 0.305 e. The van der Waals surface area contributed by atoms with Crippen LogP contribution in [0.4, 0.5) is 5.69 Å². The minimum Gasteiger partial charge on any atom is -0.481 e. The van der Waals surface area contributed by atoms with Crippen LogP contribution in [0.25, 0.3) is 10.2 Å². The van der Waals surface area contributed by atoms with E-state index in [9.17, 15) is 9.59 Å². The Balaban J connectivity index is 1.72. The Morgan fingerprint density at radius 1 is 1.26 bits per heavy atom. The molecule has 0 saturated carbocycles. The zero-order valence-electron chi connectivity index (χ0n) is 14.9. The van der Waals surface area contributed by atoms with Gasteiger partial charge >= 0.3 is 5.97 Å². The summed E-state index contributed by atoms with van der Waals surface area (Å²) in [5.74, 6) is -1.14. The van der Waals surface area contributed by atoms with Gasteiger partial charge in [0.15, 0.2) is 0 Å². The molecule has 7 heteroatoms. The van der Waals surface area contributed by atoms with Crippen molar-refractivity contribution < 1.29 is 14.7 Å². The molecule has 1 N–H and O–H groups in total. The molecule has 5 nitrogen and oxygen atoms in total. The van der Waals surface area contributed by atoms with Gasteiger partial charge in [0.2, 0.25) is 5.91 Å². The summed E-state index contributed by atoms with van der Waals surface area (Å²) in [7, 11) is 0. The number of amides is 1. The number of para-hydroxylation sites is 1. The quantitative estimate of drug-likeness (QED) is 0.705. The molecule has 0 bridgehead atoms. The fraction of sp³-hybridized carbons (Fsp3) is 0.250. The molecule has 0 saturated heterocycles. The van der Waals surface area contributed by atoms with Gasteiger partial charge in [0.1, 0.15) is 5.01 Å². The number of aryl methyl sites for hydroxylation is 2. The van der Waals surface area contributed by atoms with Crippen LogP contribution in [-0.4, -0.2) is 27.2 Å². The van der Waals surface area contributed by atoms with Gasteiger partial charge in [-0.25, -0.2) is 4.98 Å². The fourth-order valence-electron chi connectivity index (χ4n) is 3.35. The number of benzene rings is 2. The van der Waals surface area contributed by atoms with Gasteiger partial charge in [0.25, 0.3) is 0 Å². The van der Waals surface area contributed by atoms with E-state index in [1.54, 1.807) is 16.2 Å². The standard InChI is InChI=1S/C20H18N2O3S2/c1-11-7-12(2)19-13(8-11)21-17(27-19)10-22-14-5-3-4-6-15(14)26-16(20(22)25)9-18(23)24/h3-8,16H,9-10H2,1-2H3,(H,23,24).